The van der Waals surface area contributed by atoms with E-state index in [2.05, 4.69) is 0 Å². The standard InChI is InChI=1S/C19H11ClF2N2O/c20-16-2-1-3-17(22)15(16)11-24-18(9-6-13(10-23)19(24)25)12-4-7-14(21)8-5-12/h1-9H,11H2. The molecule has 2 aromatic carbocycles. The van der Waals surface area contributed by atoms with Crippen LogP contribution in [0.2, 0.25) is 5.02 Å². The summed E-state index contributed by atoms with van der Waals surface area (Å²) in [5.41, 5.74) is 0.505. The molecule has 0 amide bonds. The van der Waals surface area contributed by atoms with Gasteiger partial charge in [0, 0.05) is 10.6 Å². The number of pyridine rings is 1. The van der Waals surface area contributed by atoms with Crippen LogP contribution >= 0.6 is 11.6 Å². The van der Waals surface area contributed by atoms with Crippen LogP contribution in [0, 0.1) is 23.0 Å². The minimum absolute atomic E-state index is 0.0710. The second-order valence-electron chi connectivity index (χ2n) is 5.34. The fourth-order valence-corrected chi connectivity index (χ4v) is 2.76. The van der Waals surface area contributed by atoms with Crippen molar-refractivity contribution < 1.29 is 8.78 Å². The maximum atomic E-state index is 14.1. The molecule has 0 fully saturated rings. The molecular weight excluding hydrogens is 346 g/mol. The third kappa shape index (κ3) is 3.30. The van der Waals surface area contributed by atoms with Gasteiger partial charge in [-0.05, 0) is 54.1 Å². The van der Waals surface area contributed by atoms with E-state index < -0.39 is 17.2 Å². The highest BCUT2D eigenvalue weighted by Gasteiger charge is 2.15. The maximum Gasteiger partial charge on any atom is 0.269 e. The first kappa shape index (κ1) is 16.9. The Bertz CT molecular complexity index is 1020. The van der Waals surface area contributed by atoms with Crippen LogP contribution in [0.15, 0.2) is 59.4 Å². The average molecular weight is 357 g/mol. The predicted octanol–water partition coefficient (Wildman–Crippen LogP) is 4.37. The van der Waals surface area contributed by atoms with Crippen molar-refractivity contribution in [1.29, 1.82) is 5.26 Å². The smallest absolute Gasteiger partial charge is 0.269 e. The topological polar surface area (TPSA) is 45.8 Å². The van der Waals surface area contributed by atoms with E-state index in [-0.39, 0.29) is 22.7 Å². The zero-order valence-corrected chi connectivity index (χ0v) is 13.6. The largest absolute Gasteiger partial charge is 0.303 e. The summed E-state index contributed by atoms with van der Waals surface area (Å²) in [5, 5.41) is 9.28. The van der Waals surface area contributed by atoms with Crippen molar-refractivity contribution in [3.63, 3.8) is 0 Å². The van der Waals surface area contributed by atoms with E-state index in [9.17, 15) is 13.6 Å². The Balaban J connectivity index is 2.21. The number of rotatable bonds is 3. The molecule has 0 aliphatic carbocycles. The number of hydrogen-bond acceptors (Lipinski definition) is 2. The predicted molar refractivity (Wildman–Crippen MR) is 91.3 cm³/mol. The minimum atomic E-state index is -0.566. The van der Waals surface area contributed by atoms with Crippen molar-refractivity contribution in [1.82, 2.24) is 4.57 Å². The lowest BCUT2D eigenvalue weighted by atomic mass is 10.1. The summed E-state index contributed by atoms with van der Waals surface area (Å²) < 4.78 is 28.6. The Hall–Kier alpha value is -2.97. The van der Waals surface area contributed by atoms with Gasteiger partial charge < -0.3 is 4.57 Å². The van der Waals surface area contributed by atoms with Gasteiger partial charge in [-0.2, -0.15) is 5.26 Å². The highest BCUT2D eigenvalue weighted by molar-refractivity contribution is 6.31. The monoisotopic (exact) mass is 356 g/mol. The van der Waals surface area contributed by atoms with Crippen LogP contribution in [0.3, 0.4) is 0 Å². The number of nitriles is 1. The van der Waals surface area contributed by atoms with Crippen molar-refractivity contribution in [2.45, 2.75) is 6.54 Å². The van der Waals surface area contributed by atoms with Crippen molar-refractivity contribution >= 4 is 11.6 Å². The van der Waals surface area contributed by atoms with Crippen molar-refractivity contribution in [2.75, 3.05) is 0 Å². The molecule has 0 spiro atoms. The quantitative estimate of drug-likeness (QED) is 0.699. The van der Waals surface area contributed by atoms with Gasteiger partial charge in [0.25, 0.3) is 5.56 Å². The van der Waals surface area contributed by atoms with Gasteiger partial charge in [0.1, 0.15) is 23.3 Å². The molecule has 0 radical (unpaired) electrons. The lowest BCUT2D eigenvalue weighted by Gasteiger charge is -2.15. The molecule has 0 saturated carbocycles. The van der Waals surface area contributed by atoms with Crippen molar-refractivity contribution in [3.8, 4) is 17.3 Å². The number of benzene rings is 2. The van der Waals surface area contributed by atoms with E-state index in [0.717, 1.165) is 0 Å². The van der Waals surface area contributed by atoms with Crippen LogP contribution < -0.4 is 5.56 Å². The molecule has 6 heteroatoms. The molecular formula is C19H11ClF2N2O. The fraction of sp³-hybridized carbons (Fsp3) is 0.0526. The molecule has 0 saturated heterocycles. The van der Waals surface area contributed by atoms with Gasteiger partial charge in [0.2, 0.25) is 0 Å². The summed E-state index contributed by atoms with van der Waals surface area (Å²) in [6.07, 6.45) is 0. The zero-order valence-electron chi connectivity index (χ0n) is 12.8. The van der Waals surface area contributed by atoms with Crippen LogP contribution in [0.5, 0.6) is 0 Å². The van der Waals surface area contributed by atoms with E-state index in [1.165, 1.54) is 53.1 Å². The van der Waals surface area contributed by atoms with Crippen LogP contribution in [0.25, 0.3) is 11.3 Å². The Morgan fingerprint density at radius 1 is 1.04 bits per heavy atom. The van der Waals surface area contributed by atoms with E-state index in [1.807, 2.05) is 6.07 Å². The molecule has 0 unspecified atom stereocenters. The first-order chi connectivity index (χ1) is 12.0. The van der Waals surface area contributed by atoms with Gasteiger partial charge >= 0.3 is 0 Å². The summed E-state index contributed by atoms with van der Waals surface area (Å²) in [7, 11) is 0. The van der Waals surface area contributed by atoms with Gasteiger partial charge in [-0.25, -0.2) is 8.78 Å². The summed E-state index contributed by atoms with van der Waals surface area (Å²) >= 11 is 6.05. The number of nitrogens with zero attached hydrogens (tertiary/aromatic N) is 2. The second-order valence-corrected chi connectivity index (χ2v) is 5.75. The zero-order chi connectivity index (χ0) is 18.0. The van der Waals surface area contributed by atoms with Gasteiger partial charge in [0.05, 0.1) is 12.2 Å². The van der Waals surface area contributed by atoms with E-state index in [1.54, 1.807) is 6.07 Å². The van der Waals surface area contributed by atoms with Gasteiger partial charge in [0.15, 0.2) is 0 Å². The first-order valence-corrected chi connectivity index (χ1v) is 7.72. The molecule has 0 atom stereocenters. The fourth-order valence-electron chi connectivity index (χ4n) is 2.53. The maximum absolute atomic E-state index is 14.1. The van der Waals surface area contributed by atoms with E-state index in [4.69, 9.17) is 16.9 Å². The average Bonchev–Trinajstić information content (AvgIpc) is 2.60. The van der Waals surface area contributed by atoms with Crippen molar-refractivity contribution in [3.05, 3.63) is 92.7 Å². The van der Waals surface area contributed by atoms with Crippen LogP contribution in [-0.2, 0) is 6.54 Å². The lowest BCUT2D eigenvalue weighted by molar-refractivity contribution is 0.597. The molecule has 1 heterocycles. The Labute approximate surface area is 147 Å². The van der Waals surface area contributed by atoms with E-state index >= 15 is 0 Å². The first-order valence-electron chi connectivity index (χ1n) is 7.34. The third-order valence-corrected chi connectivity index (χ3v) is 4.17. The lowest BCUT2D eigenvalue weighted by Crippen LogP contribution is -2.25. The normalized spacial score (nSPS) is 10.5. The van der Waals surface area contributed by atoms with Gasteiger partial charge in [-0.1, -0.05) is 17.7 Å². The molecule has 124 valence electrons. The highest BCUT2D eigenvalue weighted by atomic mass is 35.5. The Morgan fingerprint density at radius 2 is 1.76 bits per heavy atom. The second kappa shape index (κ2) is 6.88. The molecule has 0 bridgehead atoms. The van der Waals surface area contributed by atoms with Crippen LogP contribution in [-0.4, -0.2) is 4.57 Å². The molecule has 0 aliphatic heterocycles. The molecule has 0 N–H and O–H groups in total. The minimum Gasteiger partial charge on any atom is -0.303 e. The molecule has 0 aliphatic rings. The number of halogens is 3. The van der Waals surface area contributed by atoms with Crippen LogP contribution in [0.1, 0.15) is 11.1 Å². The molecule has 3 rings (SSSR count). The SMILES string of the molecule is N#Cc1ccc(-c2ccc(F)cc2)n(Cc2c(F)cccc2Cl)c1=O. The molecule has 3 nitrogen and oxygen atoms in total. The molecule has 1 aromatic heterocycles. The summed E-state index contributed by atoms with van der Waals surface area (Å²) in [5.74, 6) is -0.963. The Kier molecular flexibility index (Phi) is 4.64. The van der Waals surface area contributed by atoms with Gasteiger partial charge in [-0.15, -0.1) is 0 Å². The molecule has 25 heavy (non-hydrogen) atoms. The summed E-state index contributed by atoms with van der Waals surface area (Å²) in [6, 6.07) is 14.6. The van der Waals surface area contributed by atoms with Crippen LogP contribution in [0.4, 0.5) is 8.78 Å². The summed E-state index contributed by atoms with van der Waals surface area (Å²) in [4.78, 5) is 12.6. The van der Waals surface area contributed by atoms with Crippen molar-refractivity contribution in [2.24, 2.45) is 0 Å². The number of hydrogen-bond donors (Lipinski definition) is 0. The Morgan fingerprint density at radius 3 is 2.40 bits per heavy atom. The van der Waals surface area contributed by atoms with E-state index in [0.29, 0.717) is 11.3 Å². The van der Waals surface area contributed by atoms with Gasteiger partial charge in [-0.3, -0.25) is 4.79 Å². The highest BCUT2D eigenvalue weighted by Crippen LogP contribution is 2.24. The number of aromatic nitrogens is 1. The third-order valence-electron chi connectivity index (χ3n) is 3.81. The molecule has 3 aromatic rings. The summed E-state index contributed by atoms with van der Waals surface area (Å²) in [6.45, 7) is -0.146.